The van der Waals surface area contributed by atoms with Crippen LogP contribution in [0.3, 0.4) is 0 Å². The first-order valence-corrected chi connectivity index (χ1v) is 7.34. The number of aryl methyl sites for hydroxylation is 2. The van der Waals surface area contributed by atoms with Crippen molar-refractivity contribution in [2.45, 2.75) is 25.3 Å². The topological polar surface area (TPSA) is 38.9 Å². The molecule has 17 heavy (non-hydrogen) atoms. The van der Waals surface area contributed by atoms with E-state index in [1.807, 2.05) is 12.1 Å². The minimum absolute atomic E-state index is 0.0845. The monoisotopic (exact) mass is 308 g/mol. The van der Waals surface area contributed by atoms with Crippen LogP contribution in [0.4, 0.5) is 0 Å². The van der Waals surface area contributed by atoms with Gasteiger partial charge in [0.15, 0.2) is 0 Å². The van der Waals surface area contributed by atoms with Gasteiger partial charge in [0.05, 0.1) is 11.7 Å². The van der Waals surface area contributed by atoms with Gasteiger partial charge in [-0.2, -0.15) is 0 Å². The molecule has 88 valence electrons. The Morgan fingerprint density at radius 1 is 1.24 bits per heavy atom. The van der Waals surface area contributed by atoms with E-state index in [-0.39, 0.29) is 6.04 Å². The van der Waals surface area contributed by atoms with Crippen LogP contribution in [0.1, 0.15) is 33.6 Å². The summed E-state index contributed by atoms with van der Waals surface area (Å²) in [5, 5.41) is 1.05. The molecule has 0 amide bonds. The minimum atomic E-state index is -0.0845. The molecular weight excluding hydrogens is 296 g/mol. The SMILES string of the molecule is NC(c1ccc(Br)cc1)c1nc2c(s1)CCC2. The van der Waals surface area contributed by atoms with Crippen LogP contribution in [0.15, 0.2) is 28.7 Å². The molecule has 0 saturated heterocycles. The number of halogens is 1. The van der Waals surface area contributed by atoms with Crippen LogP contribution in [0.5, 0.6) is 0 Å². The molecule has 1 heterocycles. The number of fused-ring (bicyclic) bond motifs is 1. The second kappa shape index (κ2) is 4.52. The molecule has 0 fully saturated rings. The van der Waals surface area contributed by atoms with Crippen molar-refractivity contribution in [3.63, 3.8) is 0 Å². The van der Waals surface area contributed by atoms with Crippen molar-refractivity contribution in [1.82, 2.24) is 4.98 Å². The third kappa shape index (κ3) is 2.17. The zero-order chi connectivity index (χ0) is 11.8. The molecule has 1 aliphatic rings. The van der Waals surface area contributed by atoms with Crippen molar-refractivity contribution >= 4 is 27.3 Å². The molecule has 0 aliphatic heterocycles. The van der Waals surface area contributed by atoms with Gasteiger partial charge in [0.2, 0.25) is 0 Å². The summed E-state index contributed by atoms with van der Waals surface area (Å²) in [5.41, 5.74) is 8.66. The van der Waals surface area contributed by atoms with Gasteiger partial charge in [-0.3, -0.25) is 0 Å². The smallest absolute Gasteiger partial charge is 0.114 e. The summed E-state index contributed by atoms with van der Waals surface area (Å²) in [4.78, 5) is 6.11. The lowest BCUT2D eigenvalue weighted by atomic mass is 10.1. The maximum absolute atomic E-state index is 6.26. The van der Waals surface area contributed by atoms with Gasteiger partial charge in [-0.15, -0.1) is 11.3 Å². The third-order valence-electron chi connectivity index (χ3n) is 3.11. The Bertz CT molecular complexity index is 511. The lowest BCUT2D eigenvalue weighted by Crippen LogP contribution is -2.11. The van der Waals surface area contributed by atoms with E-state index in [1.165, 1.54) is 23.4 Å². The largest absolute Gasteiger partial charge is 0.318 e. The number of benzene rings is 1. The summed E-state index contributed by atoms with van der Waals surface area (Å²) < 4.78 is 1.08. The number of hydrogen-bond acceptors (Lipinski definition) is 3. The average Bonchev–Trinajstić information content (AvgIpc) is 2.89. The van der Waals surface area contributed by atoms with Gasteiger partial charge in [0, 0.05) is 9.35 Å². The first kappa shape index (κ1) is 11.4. The molecule has 1 aromatic heterocycles. The molecule has 0 bridgehead atoms. The van der Waals surface area contributed by atoms with Gasteiger partial charge in [0.25, 0.3) is 0 Å². The van der Waals surface area contributed by atoms with E-state index < -0.39 is 0 Å². The molecule has 1 unspecified atom stereocenters. The quantitative estimate of drug-likeness (QED) is 0.923. The van der Waals surface area contributed by atoms with Gasteiger partial charge in [-0.25, -0.2) is 4.98 Å². The standard InChI is InChI=1S/C13H13BrN2S/c14-9-6-4-8(5-7-9)12(15)13-16-10-2-1-3-11(10)17-13/h4-7,12H,1-3,15H2. The number of thiazole rings is 1. The van der Waals surface area contributed by atoms with E-state index in [2.05, 4.69) is 33.0 Å². The van der Waals surface area contributed by atoms with E-state index in [0.29, 0.717) is 0 Å². The van der Waals surface area contributed by atoms with E-state index in [9.17, 15) is 0 Å². The molecule has 2 N–H and O–H groups in total. The van der Waals surface area contributed by atoms with Crippen LogP contribution in [-0.4, -0.2) is 4.98 Å². The average molecular weight is 309 g/mol. The Morgan fingerprint density at radius 3 is 2.71 bits per heavy atom. The fourth-order valence-corrected chi connectivity index (χ4v) is 3.60. The highest BCUT2D eigenvalue weighted by molar-refractivity contribution is 9.10. The maximum Gasteiger partial charge on any atom is 0.114 e. The Kier molecular flexibility index (Phi) is 3.03. The Labute approximate surface area is 113 Å². The number of hydrogen-bond donors (Lipinski definition) is 1. The molecule has 1 atom stereocenters. The van der Waals surface area contributed by atoms with Crippen molar-refractivity contribution in [1.29, 1.82) is 0 Å². The van der Waals surface area contributed by atoms with Gasteiger partial charge < -0.3 is 5.73 Å². The lowest BCUT2D eigenvalue weighted by Gasteiger charge is -2.08. The van der Waals surface area contributed by atoms with Crippen LogP contribution >= 0.6 is 27.3 Å². The molecule has 2 nitrogen and oxygen atoms in total. The zero-order valence-corrected chi connectivity index (χ0v) is 11.7. The fraction of sp³-hybridized carbons (Fsp3) is 0.308. The first-order valence-electron chi connectivity index (χ1n) is 5.73. The molecule has 1 aromatic carbocycles. The van der Waals surface area contributed by atoms with Gasteiger partial charge >= 0.3 is 0 Å². The molecular formula is C13H13BrN2S. The summed E-state index contributed by atoms with van der Waals surface area (Å²) in [6.07, 6.45) is 3.56. The van der Waals surface area contributed by atoms with Crippen LogP contribution in [0, 0.1) is 0 Å². The van der Waals surface area contributed by atoms with Gasteiger partial charge in [-0.1, -0.05) is 28.1 Å². The van der Waals surface area contributed by atoms with Crippen LogP contribution in [-0.2, 0) is 12.8 Å². The first-order chi connectivity index (χ1) is 8.24. The summed E-state index contributed by atoms with van der Waals surface area (Å²) in [6, 6.07) is 8.08. The predicted molar refractivity (Wildman–Crippen MR) is 74.3 cm³/mol. The third-order valence-corrected chi connectivity index (χ3v) is 4.88. The molecule has 0 spiro atoms. The molecule has 3 rings (SSSR count). The van der Waals surface area contributed by atoms with Crippen molar-refractivity contribution in [3.05, 3.63) is 49.9 Å². The molecule has 4 heteroatoms. The maximum atomic E-state index is 6.26. The Balaban J connectivity index is 1.90. The van der Waals surface area contributed by atoms with E-state index in [1.54, 1.807) is 11.3 Å². The summed E-state index contributed by atoms with van der Waals surface area (Å²) in [6.45, 7) is 0. The van der Waals surface area contributed by atoms with Gasteiger partial charge in [-0.05, 0) is 37.0 Å². The van der Waals surface area contributed by atoms with Crippen molar-refractivity contribution in [2.75, 3.05) is 0 Å². The van der Waals surface area contributed by atoms with E-state index >= 15 is 0 Å². The second-order valence-electron chi connectivity index (χ2n) is 4.30. The highest BCUT2D eigenvalue weighted by Crippen LogP contribution is 2.32. The normalized spacial score (nSPS) is 15.9. The number of aromatic nitrogens is 1. The van der Waals surface area contributed by atoms with Crippen molar-refractivity contribution in [2.24, 2.45) is 5.73 Å². The number of nitrogens with zero attached hydrogens (tertiary/aromatic N) is 1. The molecule has 2 aromatic rings. The lowest BCUT2D eigenvalue weighted by molar-refractivity contribution is 0.834. The number of rotatable bonds is 2. The van der Waals surface area contributed by atoms with Crippen LogP contribution in [0.25, 0.3) is 0 Å². The predicted octanol–water partition coefficient (Wildman–Crippen LogP) is 3.44. The van der Waals surface area contributed by atoms with Crippen LogP contribution < -0.4 is 5.73 Å². The fourth-order valence-electron chi connectivity index (χ4n) is 2.16. The van der Waals surface area contributed by atoms with Crippen molar-refractivity contribution < 1.29 is 0 Å². The van der Waals surface area contributed by atoms with Gasteiger partial charge in [0.1, 0.15) is 5.01 Å². The highest BCUT2D eigenvalue weighted by Gasteiger charge is 2.20. The number of nitrogens with two attached hydrogens (primary N) is 1. The summed E-state index contributed by atoms with van der Waals surface area (Å²) >= 11 is 5.21. The summed E-state index contributed by atoms with van der Waals surface area (Å²) in [5.74, 6) is 0. The second-order valence-corrected chi connectivity index (χ2v) is 6.34. The zero-order valence-electron chi connectivity index (χ0n) is 9.32. The molecule has 0 radical (unpaired) electrons. The van der Waals surface area contributed by atoms with E-state index in [4.69, 9.17) is 5.73 Å². The van der Waals surface area contributed by atoms with E-state index in [0.717, 1.165) is 21.5 Å². The van der Waals surface area contributed by atoms with Crippen LogP contribution in [0.2, 0.25) is 0 Å². The summed E-state index contributed by atoms with van der Waals surface area (Å²) in [7, 11) is 0. The van der Waals surface area contributed by atoms with Crippen molar-refractivity contribution in [3.8, 4) is 0 Å². The Hall–Kier alpha value is -0.710. The Morgan fingerprint density at radius 2 is 2.00 bits per heavy atom. The highest BCUT2D eigenvalue weighted by atomic mass is 79.9. The molecule has 1 aliphatic carbocycles. The minimum Gasteiger partial charge on any atom is -0.318 e. The molecule has 0 saturated carbocycles.